The highest BCUT2D eigenvalue weighted by molar-refractivity contribution is 5.98. The number of carbonyl (C=O) groups excluding carboxylic acids is 3. The molecular weight excluding hydrogens is 358 g/mol. The van der Waals surface area contributed by atoms with Gasteiger partial charge < -0.3 is 19.4 Å². The number of aryl methyl sites for hydroxylation is 2. The maximum absolute atomic E-state index is 12.9. The first-order valence-electron chi connectivity index (χ1n) is 10.0. The lowest BCUT2D eigenvalue weighted by atomic mass is 10.0. The minimum Gasteiger partial charge on any atom is -0.450 e. The van der Waals surface area contributed by atoms with Gasteiger partial charge in [-0.25, -0.2) is 4.79 Å². The maximum Gasteiger partial charge on any atom is 0.409 e. The first-order valence-corrected chi connectivity index (χ1v) is 10.0. The molecule has 0 aliphatic carbocycles. The quantitative estimate of drug-likeness (QED) is 0.749. The Morgan fingerprint density at radius 1 is 0.964 bits per heavy atom. The minimum atomic E-state index is -0.343. The molecule has 1 aromatic carbocycles. The van der Waals surface area contributed by atoms with E-state index in [9.17, 15) is 14.4 Å². The summed E-state index contributed by atoms with van der Waals surface area (Å²) in [6.45, 7) is 9.48. The average Bonchev–Trinajstić information content (AvgIpc) is 2.71. The van der Waals surface area contributed by atoms with Crippen LogP contribution in [0.2, 0.25) is 0 Å². The third-order valence-electron chi connectivity index (χ3n) is 5.07. The van der Waals surface area contributed by atoms with Crippen LogP contribution in [-0.2, 0) is 27.2 Å². The molecule has 154 valence electrons. The van der Waals surface area contributed by atoms with E-state index in [0.29, 0.717) is 32.8 Å². The Hall–Kier alpha value is -2.57. The second-order valence-corrected chi connectivity index (χ2v) is 6.80. The third kappa shape index (κ3) is 5.03. The molecule has 28 heavy (non-hydrogen) atoms. The van der Waals surface area contributed by atoms with Crippen LogP contribution in [0.4, 0.5) is 10.5 Å². The lowest BCUT2D eigenvalue weighted by Crippen LogP contribution is -2.53. The summed E-state index contributed by atoms with van der Waals surface area (Å²) in [5.41, 5.74) is 2.99. The largest absolute Gasteiger partial charge is 0.450 e. The normalized spacial score (nSPS) is 14.0. The molecule has 1 fully saturated rings. The van der Waals surface area contributed by atoms with E-state index in [1.807, 2.05) is 32.0 Å². The van der Waals surface area contributed by atoms with Gasteiger partial charge in [0.05, 0.1) is 12.3 Å². The fourth-order valence-electron chi connectivity index (χ4n) is 3.50. The Bertz CT molecular complexity index is 689. The molecule has 1 aromatic rings. The molecule has 0 aromatic heterocycles. The number of piperazine rings is 1. The standard InChI is InChI=1S/C21H31N3O4/c1-5-17-9-8-10-18(6-2)20(17)24(16(4)25)15-19(26)22-11-13-23(14-12-22)21(27)28-7-3/h8-10H,5-7,11-15H2,1-4H3. The Balaban J connectivity index is 2.11. The van der Waals surface area contributed by atoms with Gasteiger partial charge in [0.15, 0.2) is 0 Å². The number of nitrogens with zero attached hydrogens (tertiary/aromatic N) is 3. The SMILES string of the molecule is CCOC(=O)N1CCN(C(=O)CN(C(C)=O)c2c(CC)cccc2CC)CC1. The number of rotatable bonds is 6. The van der Waals surface area contributed by atoms with Crippen LogP contribution in [-0.4, -0.2) is 67.0 Å². The highest BCUT2D eigenvalue weighted by Gasteiger charge is 2.28. The fourth-order valence-corrected chi connectivity index (χ4v) is 3.50. The molecule has 1 saturated heterocycles. The molecule has 7 nitrogen and oxygen atoms in total. The molecule has 0 spiro atoms. The zero-order chi connectivity index (χ0) is 20.7. The number of para-hydroxylation sites is 1. The van der Waals surface area contributed by atoms with Gasteiger partial charge in [0.1, 0.15) is 6.54 Å². The molecule has 1 heterocycles. The summed E-state index contributed by atoms with van der Waals surface area (Å²) in [6.07, 6.45) is 1.24. The van der Waals surface area contributed by atoms with Gasteiger partial charge in [0, 0.05) is 33.1 Å². The van der Waals surface area contributed by atoms with E-state index in [2.05, 4.69) is 0 Å². The monoisotopic (exact) mass is 389 g/mol. The molecule has 0 radical (unpaired) electrons. The molecule has 0 atom stereocenters. The number of ether oxygens (including phenoxy) is 1. The molecule has 2 rings (SSSR count). The highest BCUT2D eigenvalue weighted by atomic mass is 16.6. The van der Waals surface area contributed by atoms with Crippen LogP contribution in [0.1, 0.15) is 38.8 Å². The van der Waals surface area contributed by atoms with Gasteiger partial charge in [-0.05, 0) is 30.9 Å². The van der Waals surface area contributed by atoms with Crippen molar-refractivity contribution in [2.45, 2.75) is 40.5 Å². The summed E-state index contributed by atoms with van der Waals surface area (Å²) in [4.78, 5) is 42.0. The Labute approximate surface area is 167 Å². The summed E-state index contributed by atoms with van der Waals surface area (Å²) in [5.74, 6) is -0.249. The third-order valence-corrected chi connectivity index (χ3v) is 5.07. The van der Waals surface area contributed by atoms with E-state index in [1.165, 1.54) is 6.92 Å². The van der Waals surface area contributed by atoms with Crippen molar-refractivity contribution >= 4 is 23.6 Å². The summed E-state index contributed by atoms with van der Waals surface area (Å²) in [6, 6.07) is 6.01. The van der Waals surface area contributed by atoms with Gasteiger partial charge >= 0.3 is 6.09 Å². The summed E-state index contributed by atoms with van der Waals surface area (Å²) >= 11 is 0. The van der Waals surface area contributed by atoms with Crippen LogP contribution in [0.3, 0.4) is 0 Å². The average molecular weight is 389 g/mol. The molecule has 1 aliphatic rings. The van der Waals surface area contributed by atoms with Crippen molar-refractivity contribution in [3.8, 4) is 0 Å². The Kier molecular flexibility index (Phi) is 7.84. The highest BCUT2D eigenvalue weighted by Crippen LogP contribution is 2.27. The van der Waals surface area contributed by atoms with Gasteiger partial charge in [-0.3, -0.25) is 9.59 Å². The van der Waals surface area contributed by atoms with E-state index >= 15 is 0 Å². The van der Waals surface area contributed by atoms with Gasteiger partial charge in [0.25, 0.3) is 0 Å². The number of anilines is 1. The molecule has 0 unspecified atom stereocenters. The van der Waals surface area contributed by atoms with Crippen molar-refractivity contribution in [2.75, 3.05) is 44.2 Å². The second-order valence-electron chi connectivity index (χ2n) is 6.80. The predicted octanol–water partition coefficient (Wildman–Crippen LogP) is 2.47. The minimum absolute atomic E-state index is 0.0127. The van der Waals surface area contributed by atoms with Crippen LogP contribution in [0.5, 0.6) is 0 Å². The van der Waals surface area contributed by atoms with E-state index in [-0.39, 0.29) is 24.5 Å². The van der Waals surface area contributed by atoms with Crippen LogP contribution in [0, 0.1) is 0 Å². The van der Waals surface area contributed by atoms with E-state index < -0.39 is 0 Å². The summed E-state index contributed by atoms with van der Waals surface area (Å²) in [7, 11) is 0. The second kappa shape index (κ2) is 10.1. The first-order chi connectivity index (χ1) is 13.4. The Morgan fingerprint density at radius 3 is 1.96 bits per heavy atom. The molecule has 0 saturated carbocycles. The van der Waals surface area contributed by atoms with E-state index in [4.69, 9.17) is 4.74 Å². The van der Waals surface area contributed by atoms with Crippen molar-refractivity contribution in [3.05, 3.63) is 29.3 Å². The number of amides is 3. The molecule has 0 bridgehead atoms. The number of carbonyl (C=O) groups is 3. The molecule has 3 amide bonds. The zero-order valence-electron chi connectivity index (χ0n) is 17.4. The topological polar surface area (TPSA) is 70.2 Å². The zero-order valence-corrected chi connectivity index (χ0v) is 17.4. The summed E-state index contributed by atoms with van der Waals surface area (Å²) < 4.78 is 5.01. The lowest BCUT2D eigenvalue weighted by Gasteiger charge is -2.35. The molecular formula is C21H31N3O4. The van der Waals surface area contributed by atoms with Gasteiger partial charge in [-0.1, -0.05) is 32.0 Å². The first kappa shape index (κ1) is 21.7. The predicted molar refractivity (Wildman–Crippen MR) is 108 cm³/mol. The molecule has 0 N–H and O–H groups in total. The van der Waals surface area contributed by atoms with Crippen LogP contribution >= 0.6 is 0 Å². The van der Waals surface area contributed by atoms with E-state index in [1.54, 1.807) is 21.6 Å². The number of hydrogen-bond donors (Lipinski definition) is 0. The van der Waals surface area contributed by atoms with Crippen LogP contribution in [0.25, 0.3) is 0 Å². The van der Waals surface area contributed by atoms with Crippen LogP contribution < -0.4 is 4.90 Å². The van der Waals surface area contributed by atoms with Crippen molar-refractivity contribution in [1.82, 2.24) is 9.80 Å². The van der Waals surface area contributed by atoms with Crippen molar-refractivity contribution in [2.24, 2.45) is 0 Å². The number of benzene rings is 1. The summed E-state index contributed by atoms with van der Waals surface area (Å²) in [5, 5.41) is 0. The molecule has 1 aliphatic heterocycles. The maximum atomic E-state index is 12.9. The fraction of sp³-hybridized carbons (Fsp3) is 0.571. The van der Waals surface area contributed by atoms with Crippen LogP contribution in [0.15, 0.2) is 18.2 Å². The Morgan fingerprint density at radius 2 is 1.50 bits per heavy atom. The van der Waals surface area contributed by atoms with E-state index in [0.717, 1.165) is 29.7 Å². The number of hydrogen-bond acceptors (Lipinski definition) is 4. The van der Waals surface area contributed by atoms with Gasteiger partial charge in [-0.15, -0.1) is 0 Å². The van der Waals surface area contributed by atoms with Gasteiger partial charge in [0.2, 0.25) is 11.8 Å². The van der Waals surface area contributed by atoms with Gasteiger partial charge in [-0.2, -0.15) is 0 Å². The molecule has 7 heteroatoms. The van der Waals surface area contributed by atoms with Crippen molar-refractivity contribution in [3.63, 3.8) is 0 Å². The van der Waals surface area contributed by atoms with Crippen molar-refractivity contribution in [1.29, 1.82) is 0 Å². The lowest BCUT2D eigenvalue weighted by molar-refractivity contribution is -0.132. The van der Waals surface area contributed by atoms with Crippen molar-refractivity contribution < 1.29 is 19.1 Å². The smallest absolute Gasteiger partial charge is 0.409 e.